The minimum absolute atomic E-state index is 0.0443. The molecule has 0 unspecified atom stereocenters. The Hall–Kier alpha value is -3.86. The maximum atomic E-state index is 14.6. The first-order valence-corrected chi connectivity index (χ1v) is 10.1. The van der Waals surface area contributed by atoms with Crippen molar-refractivity contribution in [2.75, 3.05) is 0 Å². The molecule has 2 aromatic heterocycles. The molecule has 0 radical (unpaired) electrons. The predicted molar refractivity (Wildman–Crippen MR) is 112 cm³/mol. The molecule has 0 saturated carbocycles. The number of rotatable bonds is 8. The molecule has 170 valence electrons. The van der Waals surface area contributed by atoms with Gasteiger partial charge in [0.1, 0.15) is 47.7 Å². The van der Waals surface area contributed by atoms with E-state index >= 15 is 0 Å². The van der Waals surface area contributed by atoms with Crippen molar-refractivity contribution in [3.63, 3.8) is 0 Å². The quantitative estimate of drug-likeness (QED) is 0.438. The molecule has 0 spiro atoms. The average molecular weight is 455 g/mol. The van der Waals surface area contributed by atoms with Crippen molar-refractivity contribution in [3.05, 3.63) is 90.0 Å². The highest BCUT2D eigenvalue weighted by atomic mass is 19.1. The third kappa shape index (κ3) is 4.82. The van der Waals surface area contributed by atoms with Crippen molar-refractivity contribution < 1.29 is 18.3 Å². The molecule has 0 bridgehead atoms. The van der Waals surface area contributed by atoms with Gasteiger partial charge in [0, 0.05) is 11.6 Å². The Morgan fingerprint density at radius 1 is 1.09 bits per heavy atom. The minimum atomic E-state index is -1.70. The molecule has 33 heavy (non-hydrogen) atoms. The van der Waals surface area contributed by atoms with Crippen LogP contribution in [0.4, 0.5) is 13.2 Å². The molecule has 0 aliphatic heterocycles. The largest absolute Gasteiger partial charge is 0.383 e. The van der Waals surface area contributed by atoms with Crippen LogP contribution in [0.25, 0.3) is 11.8 Å². The van der Waals surface area contributed by atoms with Crippen molar-refractivity contribution in [3.8, 4) is 5.69 Å². The van der Waals surface area contributed by atoms with E-state index in [0.29, 0.717) is 12.0 Å². The summed E-state index contributed by atoms with van der Waals surface area (Å²) in [5, 5.41) is 26.1. The van der Waals surface area contributed by atoms with Gasteiger partial charge in [0.05, 0.1) is 6.54 Å². The number of aromatic nitrogens is 7. The summed E-state index contributed by atoms with van der Waals surface area (Å²) in [6.45, 7) is 1.66. The monoisotopic (exact) mass is 455 g/mol. The highest BCUT2D eigenvalue weighted by molar-refractivity contribution is 5.52. The average Bonchev–Trinajstić information content (AvgIpc) is 3.48. The van der Waals surface area contributed by atoms with Crippen molar-refractivity contribution >= 4 is 6.08 Å². The van der Waals surface area contributed by atoms with Crippen LogP contribution in [0, 0.1) is 23.4 Å². The second-order valence-corrected chi connectivity index (χ2v) is 7.65. The summed E-state index contributed by atoms with van der Waals surface area (Å²) < 4.78 is 45.1. The van der Waals surface area contributed by atoms with Gasteiger partial charge in [0.15, 0.2) is 0 Å². The van der Waals surface area contributed by atoms with Crippen LogP contribution >= 0.6 is 0 Å². The van der Waals surface area contributed by atoms with Crippen LogP contribution in [0.15, 0.2) is 61.5 Å². The molecule has 0 fully saturated rings. The molecule has 1 N–H and O–H groups in total. The molecule has 2 aromatic carbocycles. The lowest BCUT2D eigenvalue weighted by molar-refractivity contribution is -0.0379. The summed E-state index contributed by atoms with van der Waals surface area (Å²) in [6.07, 6.45) is 7.77. The SMILES string of the molecule is C[C@@H](C/C=C/c1ccc(-n2cnnn2)c(F)c1)[C@](O)(Cn1cncn1)c1ccc(F)cc1F. The molecule has 0 aliphatic carbocycles. The molecule has 0 amide bonds. The van der Waals surface area contributed by atoms with Crippen LogP contribution in [0.1, 0.15) is 24.5 Å². The van der Waals surface area contributed by atoms with Crippen LogP contribution in [0.2, 0.25) is 0 Å². The van der Waals surface area contributed by atoms with E-state index in [4.69, 9.17) is 0 Å². The lowest BCUT2D eigenvalue weighted by Crippen LogP contribution is -2.39. The van der Waals surface area contributed by atoms with E-state index < -0.39 is 29.0 Å². The van der Waals surface area contributed by atoms with Crippen LogP contribution in [0.3, 0.4) is 0 Å². The van der Waals surface area contributed by atoms with Crippen molar-refractivity contribution in [2.24, 2.45) is 5.92 Å². The van der Waals surface area contributed by atoms with Gasteiger partial charge in [-0.3, -0.25) is 0 Å². The number of tetrazole rings is 1. The second kappa shape index (κ2) is 9.33. The Morgan fingerprint density at radius 3 is 2.61 bits per heavy atom. The zero-order valence-corrected chi connectivity index (χ0v) is 17.6. The molecule has 0 aliphatic rings. The Labute approximate surface area is 187 Å². The molecule has 0 saturated heterocycles. The molecular formula is C22H20F3N7O. The van der Waals surface area contributed by atoms with Crippen LogP contribution in [0.5, 0.6) is 0 Å². The number of halogens is 3. The Balaban J connectivity index is 1.55. The van der Waals surface area contributed by atoms with Gasteiger partial charge >= 0.3 is 0 Å². The summed E-state index contributed by atoms with van der Waals surface area (Å²) in [6, 6.07) is 7.64. The second-order valence-electron chi connectivity index (χ2n) is 7.65. The third-order valence-electron chi connectivity index (χ3n) is 5.45. The van der Waals surface area contributed by atoms with Crippen molar-refractivity contribution in [1.82, 2.24) is 35.0 Å². The van der Waals surface area contributed by atoms with E-state index in [1.54, 1.807) is 31.2 Å². The summed E-state index contributed by atoms with van der Waals surface area (Å²) in [5.74, 6) is -2.61. The Bertz CT molecular complexity index is 1250. The number of hydrogen-bond donors (Lipinski definition) is 1. The molecule has 2 atom stereocenters. The number of hydrogen-bond acceptors (Lipinski definition) is 6. The zero-order chi connectivity index (χ0) is 23.4. The van der Waals surface area contributed by atoms with Gasteiger partial charge in [-0.2, -0.15) is 9.78 Å². The van der Waals surface area contributed by atoms with Gasteiger partial charge in [-0.1, -0.05) is 31.2 Å². The normalized spacial score (nSPS) is 14.5. The maximum Gasteiger partial charge on any atom is 0.149 e. The highest BCUT2D eigenvalue weighted by Gasteiger charge is 2.38. The first-order chi connectivity index (χ1) is 15.9. The fourth-order valence-corrected chi connectivity index (χ4v) is 3.60. The lowest BCUT2D eigenvalue weighted by atomic mass is 9.80. The van der Waals surface area contributed by atoms with E-state index in [1.165, 1.54) is 40.5 Å². The molecule has 4 rings (SSSR count). The van der Waals surface area contributed by atoms with E-state index in [-0.39, 0.29) is 17.8 Å². The molecule has 4 aromatic rings. The fourth-order valence-electron chi connectivity index (χ4n) is 3.60. The standard InChI is InChI=1S/C22H20F3N7O/c1-15(3-2-4-16-5-8-21(20(25)9-16)32-14-27-29-30-32)22(33,11-31-13-26-12-28-31)18-7-6-17(23)10-19(18)24/h2,4-10,12-15,33H,3,11H2,1H3/b4-2+/t15-,22+/m0/s1. The van der Waals surface area contributed by atoms with Crippen molar-refractivity contribution in [2.45, 2.75) is 25.5 Å². The van der Waals surface area contributed by atoms with Gasteiger partial charge < -0.3 is 5.11 Å². The number of nitrogens with zero attached hydrogens (tertiary/aromatic N) is 7. The maximum absolute atomic E-state index is 14.6. The van der Waals surface area contributed by atoms with Gasteiger partial charge in [-0.05, 0) is 46.5 Å². The predicted octanol–water partition coefficient (Wildman–Crippen LogP) is 3.30. The zero-order valence-electron chi connectivity index (χ0n) is 17.6. The summed E-state index contributed by atoms with van der Waals surface area (Å²) in [7, 11) is 0. The summed E-state index contributed by atoms with van der Waals surface area (Å²) in [4.78, 5) is 3.85. The van der Waals surface area contributed by atoms with Gasteiger partial charge in [0.2, 0.25) is 0 Å². The van der Waals surface area contributed by atoms with Crippen LogP contribution < -0.4 is 0 Å². The Morgan fingerprint density at radius 2 is 1.94 bits per heavy atom. The first kappa shape index (κ1) is 22.3. The summed E-state index contributed by atoms with van der Waals surface area (Å²) in [5.41, 5.74) is -0.952. The molecule has 11 heteroatoms. The van der Waals surface area contributed by atoms with E-state index in [9.17, 15) is 18.3 Å². The van der Waals surface area contributed by atoms with Gasteiger partial charge in [-0.15, -0.1) is 5.10 Å². The van der Waals surface area contributed by atoms with Gasteiger partial charge in [-0.25, -0.2) is 22.8 Å². The number of aliphatic hydroxyl groups is 1. The van der Waals surface area contributed by atoms with Crippen molar-refractivity contribution in [1.29, 1.82) is 0 Å². The number of allylic oxidation sites excluding steroid dienone is 1. The molecule has 2 heterocycles. The minimum Gasteiger partial charge on any atom is -0.383 e. The molecular weight excluding hydrogens is 435 g/mol. The number of benzene rings is 2. The van der Waals surface area contributed by atoms with Crippen LogP contribution in [-0.2, 0) is 12.1 Å². The Kier molecular flexibility index (Phi) is 6.31. The van der Waals surface area contributed by atoms with E-state index in [0.717, 1.165) is 12.1 Å². The lowest BCUT2D eigenvalue weighted by Gasteiger charge is -2.34. The smallest absolute Gasteiger partial charge is 0.149 e. The molecule has 8 nitrogen and oxygen atoms in total. The topological polar surface area (TPSA) is 94.5 Å². The summed E-state index contributed by atoms with van der Waals surface area (Å²) >= 11 is 0. The fraction of sp³-hybridized carbons (Fsp3) is 0.227. The first-order valence-electron chi connectivity index (χ1n) is 10.1. The van der Waals surface area contributed by atoms with E-state index in [2.05, 4.69) is 25.6 Å². The van der Waals surface area contributed by atoms with Gasteiger partial charge in [0.25, 0.3) is 0 Å². The van der Waals surface area contributed by atoms with E-state index in [1.807, 2.05) is 0 Å². The van der Waals surface area contributed by atoms with Crippen LogP contribution in [-0.4, -0.2) is 40.1 Å². The highest BCUT2D eigenvalue weighted by Crippen LogP contribution is 2.35. The third-order valence-corrected chi connectivity index (χ3v) is 5.45.